The molecule has 2 N–H and O–H groups in total. The SMILES string of the molecule is Cc1cc(C)cc(C(=O)N2CCCC(c3nc(-c4ccc(CN)cc4)no3)C2)c1. The molecule has 1 saturated heterocycles. The first-order valence-electron chi connectivity index (χ1n) is 10.0. The van der Waals surface area contributed by atoms with Crippen LogP contribution in [0, 0.1) is 13.8 Å². The Hall–Kier alpha value is -2.99. The average molecular weight is 390 g/mol. The van der Waals surface area contributed by atoms with Gasteiger partial charge in [-0.2, -0.15) is 4.98 Å². The van der Waals surface area contributed by atoms with Crippen LogP contribution < -0.4 is 5.73 Å². The Kier molecular flexibility index (Phi) is 5.45. The van der Waals surface area contributed by atoms with Gasteiger partial charge in [0.15, 0.2) is 0 Å². The van der Waals surface area contributed by atoms with E-state index in [1.165, 1.54) is 0 Å². The van der Waals surface area contributed by atoms with Crippen molar-refractivity contribution in [2.45, 2.75) is 39.2 Å². The Morgan fingerprint density at radius 3 is 2.59 bits per heavy atom. The minimum atomic E-state index is 0.0585. The van der Waals surface area contributed by atoms with Gasteiger partial charge in [-0.1, -0.05) is 46.6 Å². The van der Waals surface area contributed by atoms with Gasteiger partial charge in [0.25, 0.3) is 5.91 Å². The summed E-state index contributed by atoms with van der Waals surface area (Å²) in [5.41, 5.74) is 10.6. The first kappa shape index (κ1) is 19.3. The summed E-state index contributed by atoms with van der Waals surface area (Å²) in [4.78, 5) is 19.5. The number of carbonyl (C=O) groups excluding carboxylic acids is 1. The number of piperidine rings is 1. The molecule has 1 aliphatic heterocycles. The van der Waals surface area contributed by atoms with E-state index < -0.39 is 0 Å². The highest BCUT2D eigenvalue weighted by molar-refractivity contribution is 5.94. The second-order valence-electron chi connectivity index (χ2n) is 7.82. The van der Waals surface area contributed by atoms with Crippen molar-refractivity contribution in [2.24, 2.45) is 5.73 Å². The van der Waals surface area contributed by atoms with Gasteiger partial charge in [-0.3, -0.25) is 4.79 Å². The van der Waals surface area contributed by atoms with E-state index in [0.29, 0.717) is 24.8 Å². The van der Waals surface area contributed by atoms with E-state index >= 15 is 0 Å². The fourth-order valence-electron chi connectivity index (χ4n) is 3.95. The maximum atomic E-state index is 13.0. The highest BCUT2D eigenvalue weighted by Gasteiger charge is 2.29. The fourth-order valence-corrected chi connectivity index (χ4v) is 3.95. The molecule has 6 nitrogen and oxygen atoms in total. The number of nitrogens with two attached hydrogens (primary N) is 1. The van der Waals surface area contributed by atoms with Gasteiger partial charge in [-0.15, -0.1) is 0 Å². The molecule has 2 heterocycles. The van der Waals surface area contributed by atoms with Gasteiger partial charge in [-0.05, 0) is 44.4 Å². The van der Waals surface area contributed by atoms with Gasteiger partial charge in [0.2, 0.25) is 11.7 Å². The molecule has 1 atom stereocenters. The Morgan fingerprint density at radius 2 is 1.90 bits per heavy atom. The lowest BCUT2D eigenvalue weighted by atomic mass is 9.96. The fraction of sp³-hybridized carbons (Fsp3) is 0.348. The monoisotopic (exact) mass is 390 g/mol. The van der Waals surface area contributed by atoms with Crippen molar-refractivity contribution in [1.82, 2.24) is 15.0 Å². The highest BCUT2D eigenvalue weighted by atomic mass is 16.5. The second-order valence-corrected chi connectivity index (χ2v) is 7.82. The number of hydrogen-bond acceptors (Lipinski definition) is 5. The van der Waals surface area contributed by atoms with E-state index in [2.05, 4.69) is 16.2 Å². The zero-order valence-electron chi connectivity index (χ0n) is 16.9. The summed E-state index contributed by atoms with van der Waals surface area (Å²) >= 11 is 0. The standard InChI is InChI=1S/C23H26N4O2/c1-15-10-16(2)12-20(11-15)23(28)27-9-3-4-19(14-27)22-25-21(26-29-22)18-7-5-17(13-24)6-8-18/h5-8,10-12,19H,3-4,9,13-14,24H2,1-2H3. The topological polar surface area (TPSA) is 85.2 Å². The van der Waals surface area contributed by atoms with Crippen LogP contribution in [-0.4, -0.2) is 34.0 Å². The smallest absolute Gasteiger partial charge is 0.253 e. The molecule has 1 aromatic heterocycles. The molecule has 29 heavy (non-hydrogen) atoms. The largest absolute Gasteiger partial charge is 0.339 e. The van der Waals surface area contributed by atoms with E-state index in [0.717, 1.165) is 47.2 Å². The first-order chi connectivity index (χ1) is 14.0. The lowest BCUT2D eigenvalue weighted by Crippen LogP contribution is -2.39. The predicted octanol–water partition coefficient (Wildman–Crippen LogP) is 3.83. The summed E-state index contributed by atoms with van der Waals surface area (Å²) in [6.07, 6.45) is 1.86. The van der Waals surface area contributed by atoms with Gasteiger partial charge < -0.3 is 15.2 Å². The summed E-state index contributed by atoms with van der Waals surface area (Å²) in [5.74, 6) is 1.30. The number of rotatable bonds is 4. The van der Waals surface area contributed by atoms with Crippen molar-refractivity contribution >= 4 is 5.91 Å². The molecular weight excluding hydrogens is 364 g/mol. The molecule has 0 aliphatic carbocycles. The summed E-state index contributed by atoms with van der Waals surface area (Å²) in [7, 11) is 0. The number of carbonyl (C=O) groups is 1. The molecule has 6 heteroatoms. The maximum absolute atomic E-state index is 13.0. The zero-order chi connectivity index (χ0) is 20.4. The Bertz CT molecular complexity index is 990. The minimum Gasteiger partial charge on any atom is -0.339 e. The molecule has 0 saturated carbocycles. The summed E-state index contributed by atoms with van der Waals surface area (Å²) in [5, 5.41) is 4.15. The van der Waals surface area contributed by atoms with Crippen molar-refractivity contribution in [3.8, 4) is 11.4 Å². The van der Waals surface area contributed by atoms with E-state index in [-0.39, 0.29) is 11.8 Å². The molecule has 4 rings (SSSR count). The van der Waals surface area contributed by atoms with Crippen LogP contribution in [0.25, 0.3) is 11.4 Å². The van der Waals surface area contributed by atoms with Crippen LogP contribution in [0.2, 0.25) is 0 Å². The van der Waals surface area contributed by atoms with Crippen LogP contribution in [0.4, 0.5) is 0 Å². The molecule has 150 valence electrons. The van der Waals surface area contributed by atoms with Crippen LogP contribution in [0.3, 0.4) is 0 Å². The Morgan fingerprint density at radius 1 is 1.17 bits per heavy atom. The van der Waals surface area contributed by atoms with Crippen LogP contribution in [-0.2, 0) is 6.54 Å². The molecule has 0 bridgehead atoms. The Balaban J connectivity index is 1.49. The van der Waals surface area contributed by atoms with Crippen LogP contribution in [0.15, 0.2) is 47.0 Å². The van der Waals surface area contributed by atoms with Crippen LogP contribution in [0.1, 0.15) is 51.7 Å². The number of amides is 1. The van der Waals surface area contributed by atoms with Gasteiger partial charge in [-0.25, -0.2) is 0 Å². The van der Waals surface area contributed by atoms with Gasteiger partial charge in [0, 0.05) is 30.8 Å². The van der Waals surface area contributed by atoms with Crippen LogP contribution >= 0.6 is 0 Å². The number of nitrogens with zero attached hydrogens (tertiary/aromatic N) is 3. The summed E-state index contributed by atoms with van der Waals surface area (Å²) in [6.45, 7) is 5.89. The molecule has 0 spiro atoms. The van der Waals surface area contributed by atoms with Gasteiger partial charge >= 0.3 is 0 Å². The van der Waals surface area contributed by atoms with Gasteiger partial charge in [0.1, 0.15) is 0 Å². The lowest BCUT2D eigenvalue weighted by molar-refractivity contribution is 0.0695. The summed E-state index contributed by atoms with van der Waals surface area (Å²) < 4.78 is 5.56. The molecule has 1 aliphatic rings. The highest BCUT2D eigenvalue weighted by Crippen LogP contribution is 2.28. The second kappa shape index (κ2) is 8.17. The van der Waals surface area contributed by atoms with E-state index in [9.17, 15) is 4.79 Å². The van der Waals surface area contributed by atoms with E-state index in [1.807, 2.05) is 55.1 Å². The molecule has 1 amide bonds. The number of hydrogen-bond donors (Lipinski definition) is 1. The van der Waals surface area contributed by atoms with Gasteiger partial charge in [0.05, 0.1) is 5.92 Å². The molecule has 2 aromatic carbocycles. The third-order valence-corrected chi connectivity index (χ3v) is 5.42. The molecule has 0 radical (unpaired) electrons. The quantitative estimate of drug-likeness (QED) is 0.732. The van der Waals surface area contributed by atoms with Crippen LogP contribution in [0.5, 0.6) is 0 Å². The average Bonchev–Trinajstić information content (AvgIpc) is 3.23. The molecule has 3 aromatic rings. The zero-order valence-corrected chi connectivity index (χ0v) is 16.9. The number of aromatic nitrogens is 2. The maximum Gasteiger partial charge on any atom is 0.253 e. The van der Waals surface area contributed by atoms with Crippen molar-refractivity contribution in [2.75, 3.05) is 13.1 Å². The number of benzene rings is 2. The lowest BCUT2D eigenvalue weighted by Gasteiger charge is -2.31. The first-order valence-corrected chi connectivity index (χ1v) is 10.0. The predicted molar refractivity (Wildman–Crippen MR) is 111 cm³/mol. The van der Waals surface area contributed by atoms with E-state index in [1.54, 1.807) is 0 Å². The number of likely N-dealkylation sites (tertiary alicyclic amines) is 1. The molecule has 1 fully saturated rings. The third kappa shape index (κ3) is 4.22. The number of aryl methyl sites for hydroxylation is 2. The molecular formula is C23H26N4O2. The third-order valence-electron chi connectivity index (χ3n) is 5.42. The molecule has 1 unspecified atom stereocenters. The van der Waals surface area contributed by atoms with Crippen molar-refractivity contribution in [3.63, 3.8) is 0 Å². The Labute approximate surface area is 170 Å². The van der Waals surface area contributed by atoms with Crippen molar-refractivity contribution in [3.05, 3.63) is 70.6 Å². The van der Waals surface area contributed by atoms with E-state index in [4.69, 9.17) is 10.3 Å². The van der Waals surface area contributed by atoms with Crippen molar-refractivity contribution in [1.29, 1.82) is 0 Å². The minimum absolute atomic E-state index is 0.0585. The summed E-state index contributed by atoms with van der Waals surface area (Å²) in [6, 6.07) is 13.8. The van der Waals surface area contributed by atoms with Crippen molar-refractivity contribution < 1.29 is 9.32 Å². The normalized spacial score (nSPS) is 16.8.